The summed E-state index contributed by atoms with van der Waals surface area (Å²) >= 11 is 0. The normalized spacial score (nSPS) is 11.0. The van der Waals surface area contributed by atoms with Gasteiger partial charge in [0, 0.05) is 24.0 Å². The van der Waals surface area contributed by atoms with Crippen molar-refractivity contribution in [3.63, 3.8) is 0 Å². The topological polar surface area (TPSA) is 63.8 Å². The van der Waals surface area contributed by atoms with Crippen molar-refractivity contribution < 1.29 is 0 Å². The summed E-state index contributed by atoms with van der Waals surface area (Å²) in [5.74, 6) is 1.51. The van der Waals surface area contributed by atoms with Crippen LogP contribution in [-0.4, -0.2) is 19.1 Å². The van der Waals surface area contributed by atoms with Gasteiger partial charge >= 0.3 is 0 Å². The highest BCUT2D eigenvalue weighted by Crippen LogP contribution is 2.30. The van der Waals surface area contributed by atoms with Crippen molar-refractivity contribution in [2.75, 3.05) is 0 Å². The van der Waals surface area contributed by atoms with Crippen molar-refractivity contribution in [1.29, 1.82) is 5.26 Å². The Bertz CT molecular complexity index is 1170. The summed E-state index contributed by atoms with van der Waals surface area (Å²) in [5.41, 5.74) is 2.49. The minimum Gasteiger partial charge on any atom is -0.320 e. The van der Waals surface area contributed by atoms with E-state index in [0.29, 0.717) is 11.3 Å². The van der Waals surface area contributed by atoms with Gasteiger partial charge in [-0.05, 0) is 56.4 Å². The number of hydrogen-bond donors (Lipinski definition) is 0. The summed E-state index contributed by atoms with van der Waals surface area (Å²) in [6.07, 6.45) is 7.20. The lowest BCUT2D eigenvalue weighted by Gasteiger charge is -2.24. The number of nitrogens with zero attached hydrogens (tertiary/aromatic N) is 6. The molecule has 0 atom stereocenters. The fourth-order valence-corrected chi connectivity index (χ4v) is 3.16. The van der Waals surface area contributed by atoms with Gasteiger partial charge in [0.1, 0.15) is 17.7 Å². The molecule has 0 unspecified atom stereocenters. The summed E-state index contributed by atoms with van der Waals surface area (Å²) in [7, 11) is 0. The van der Waals surface area contributed by atoms with Crippen LogP contribution in [-0.2, 0) is 5.41 Å². The summed E-state index contributed by atoms with van der Waals surface area (Å²) in [6, 6.07) is 17.4. The predicted octanol–water partition coefficient (Wildman–Crippen LogP) is 4.81. The Morgan fingerprint density at radius 3 is 2.00 bits per heavy atom. The maximum atomic E-state index is 9.06. The van der Waals surface area contributed by atoms with Gasteiger partial charge in [0.25, 0.3) is 0 Å². The molecule has 6 heteroatoms. The first-order chi connectivity index (χ1) is 14.0. The molecule has 0 amide bonds. The maximum absolute atomic E-state index is 9.06. The van der Waals surface area contributed by atoms with E-state index >= 15 is 0 Å². The van der Waals surface area contributed by atoms with Crippen molar-refractivity contribution in [2.24, 2.45) is 0 Å². The minimum atomic E-state index is -0.437. The van der Waals surface area contributed by atoms with Crippen LogP contribution in [0.2, 0.25) is 0 Å². The van der Waals surface area contributed by atoms with Crippen LogP contribution in [0.25, 0.3) is 16.5 Å². The minimum absolute atomic E-state index is 0.437. The van der Waals surface area contributed by atoms with E-state index in [1.807, 2.05) is 57.9 Å². The average molecular weight is 378 g/mol. The highest BCUT2D eigenvalue weighted by atomic mass is 15.1. The second kappa shape index (κ2) is 7.10. The lowest BCUT2D eigenvalue weighted by molar-refractivity contribution is 0.591. The highest BCUT2D eigenvalue weighted by molar-refractivity contribution is 5.45. The molecule has 0 aliphatic carbocycles. The first kappa shape index (κ1) is 18.2. The molecule has 0 N–H and O–H groups in total. The van der Waals surface area contributed by atoms with E-state index in [1.165, 1.54) is 0 Å². The molecule has 0 spiro atoms. The van der Waals surface area contributed by atoms with Crippen LogP contribution in [0.15, 0.2) is 73.3 Å². The van der Waals surface area contributed by atoms with E-state index in [-0.39, 0.29) is 0 Å². The van der Waals surface area contributed by atoms with E-state index in [1.54, 1.807) is 24.5 Å². The van der Waals surface area contributed by atoms with Crippen molar-refractivity contribution in [2.45, 2.75) is 19.3 Å². The Kier molecular flexibility index (Phi) is 4.46. The van der Waals surface area contributed by atoms with Crippen molar-refractivity contribution >= 4 is 5.69 Å². The Morgan fingerprint density at radius 2 is 1.48 bits per heavy atom. The lowest BCUT2D eigenvalue weighted by Crippen LogP contribution is -2.23. The number of hydrogen-bond acceptors (Lipinski definition) is 3. The Hall–Kier alpha value is -4.16. The molecule has 4 aromatic heterocycles. The number of aromatic nitrogens is 4. The SMILES string of the molecule is [C-]#[N+]c1ccn(-c2cccc(C(C)(C)c3cccc(-n4ccc(C#N)c4)n3)n2)c1. The van der Waals surface area contributed by atoms with Crippen LogP contribution in [0.1, 0.15) is 30.8 Å². The second-order valence-electron chi connectivity index (χ2n) is 7.20. The van der Waals surface area contributed by atoms with E-state index in [0.717, 1.165) is 23.0 Å². The fraction of sp³-hybridized carbons (Fsp3) is 0.130. The molecule has 6 nitrogen and oxygen atoms in total. The largest absolute Gasteiger partial charge is 0.320 e. The zero-order valence-electron chi connectivity index (χ0n) is 16.1. The van der Waals surface area contributed by atoms with Gasteiger partial charge in [-0.3, -0.25) is 0 Å². The molecular weight excluding hydrogens is 360 g/mol. The quantitative estimate of drug-likeness (QED) is 0.479. The number of pyridine rings is 2. The maximum Gasteiger partial charge on any atom is 0.204 e. The summed E-state index contributed by atoms with van der Waals surface area (Å²) in [6.45, 7) is 11.3. The Morgan fingerprint density at radius 1 is 0.897 bits per heavy atom. The molecule has 4 aromatic rings. The van der Waals surface area contributed by atoms with Crippen LogP contribution in [0.5, 0.6) is 0 Å². The standard InChI is InChI=1S/C23H18N6/c1-23(2,19-6-4-8-21(26-19)28-12-10-17(14-24)15-28)20-7-5-9-22(27-20)29-13-11-18(16-29)25-3/h4-13,15-16H,1-2H3. The first-order valence-corrected chi connectivity index (χ1v) is 9.10. The van der Waals surface area contributed by atoms with Crippen molar-refractivity contribution in [3.05, 3.63) is 102 Å². The molecule has 4 heterocycles. The first-order valence-electron chi connectivity index (χ1n) is 9.10. The molecular formula is C23H18N6. The smallest absolute Gasteiger partial charge is 0.204 e. The number of rotatable bonds is 4. The van der Waals surface area contributed by atoms with E-state index in [2.05, 4.69) is 24.8 Å². The van der Waals surface area contributed by atoms with Crippen LogP contribution < -0.4 is 0 Å². The number of nitriles is 1. The molecule has 0 aliphatic heterocycles. The van der Waals surface area contributed by atoms with Crippen molar-refractivity contribution in [3.8, 4) is 17.7 Å². The second-order valence-corrected chi connectivity index (χ2v) is 7.20. The zero-order valence-corrected chi connectivity index (χ0v) is 16.1. The zero-order chi connectivity index (χ0) is 20.4. The van der Waals surface area contributed by atoms with Gasteiger partial charge in [0.05, 0.1) is 23.5 Å². The Labute approximate surface area is 169 Å². The third-order valence-corrected chi connectivity index (χ3v) is 4.91. The third kappa shape index (κ3) is 3.40. The van der Waals surface area contributed by atoms with Crippen LogP contribution in [0, 0.1) is 17.9 Å². The highest BCUT2D eigenvalue weighted by Gasteiger charge is 2.27. The summed E-state index contributed by atoms with van der Waals surface area (Å²) < 4.78 is 3.69. The molecule has 0 bridgehead atoms. The van der Waals surface area contributed by atoms with Gasteiger partial charge < -0.3 is 9.13 Å². The predicted molar refractivity (Wildman–Crippen MR) is 110 cm³/mol. The van der Waals surface area contributed by atoms with Gasteiger partial charge in [-0.1, -0.05) is 12.1 Å². The van der Waals surface area contributed by atoms with Crippen LogP contribution in [0.3, 0.4) is 0 Å². The van der Waals surface area contributed by atoms with Crippen molar-refractivity contribution in [1.82, 2.24) is 19.1 Å². The summed E-state index contributed by atoms with van der Waals surface area (Å²) in [4.78, 5) is 13.1. The van der Waals surface area contributed by atoms with E-state index < -0.39 is 5.41 Å². The van der Waals surface area contributed by atoms with Gasteiger partial charge in [-0.2, -0.15) is 5.26 Å². The Balaban J connectivity index is 1.72. The molecule has 0 aromatic carbocycles. The van der Waals surface area contributed by atoms with E-state index in [4.69, 9.17) is 21.8 Å². The molecule has 29 heavy (non-hydrogen) atoms. The van der Waals surface area contributed by atoms with E-state index in [9.17, 15) is 0 Å². The van der Waals surface area contributed by atoms with Gasteiger partial charge in [-0.15, -0.1) is 0 Å². The van der Waals surface area contributed by atoms with Crippen LogP contribution >= 0.6 is 0 Å². The molecule has 0 saturated carbocycles. The summed E-state index contributed by atoms with van der Waals surface area (Å²) in [5, 5.41) is 9.06. The molecule has 0 saturated heterocycles. The van der Waals surface area contributed by atoms with Gasteiger partial charge in [-0.25, -0.2) is 14.8 Å². The molecule has 0 radical (unpaired) electrons. The fourth-order valence-electron chi connectivity index (χ4n) is 3.16. The average Bonchev–Trinajstić information content (AvgIpc) is 3.43. The van der Waals surface area contributed by atoms with Gasteiger partial charge in [0.2, 0.25) is 5.69 Å². The molecule has 140 valence electrons. The monoisotopic (exact) mass is 378 g/mol. The van der Waals surface area contributed by atoms with Gasteiger partial charge in [0.15, 0.2) is 0 Å². The molecule has 0 fully saturated rings. The molecule has 4 rings (SSSR count). The lowest BCUT2D eigenvalue weighted by atomic mass is 9.84. The third-order valence-electron chi connectivity index (χ3n) is 4.91. The molecule has 0 aliphatic rings. The van der Waals surface area contributed by atoms with Crippen LogP contribution in [0.4, 0.5) is 5.69 Å².